The van der Waals surface area contributed by atoms with E-state index in [0.29, 0.717) is 6.04 Å². The van der Waals surface area contributed by atoms with Gasteiger partial charge in [0.15, 0.2) is 5.82 Å². The van der Waals surface area contributed by atoms with Crippen LogP contribution in [0.4, 0.5) is 0 Å². The predicted octanol–water partition coefficient (Wildman–Crippen LogP) is 3.29. The smallest absolute Gasteiger partial charge is 0.159 e. The van der Waals surface area contributed by atoms with Crippen molar-refractivity contribution < 1.29 is 0 Å². The molecular weight excluding hydrogens is 254 g/mol. The second-order valence-corrected chi connectivity index (χ2v) is 4.40. The molecule has 0 aliphatic carbocycles. The van der Waals surface area contributed by atoms with Crippen molar-refractivity contribution in [2.45, 2.75) is 19.9 Å². The van der Waals surface area contributed by atoms with Crippen molar-refractivity contribution in [2.24, 2.45) is 0 Å². The summed E-state index contributed by atoms with van der Waals surface area (Å²) in [5, 5.41) is 0. The van der Waals surface area contributed by atoms with Crippen LogP contribution >= 0.6 is 15.9 Å². The molecule has 0 amide bonds. The van der Waals surface area contributed by atoms with Gasteiger partial charge in [0.25, 0.3) is 0 Å². The summed E-state index contributed by atoms with van der Waals surface area (Å²) >= 11 is 3.49. The molecule has 0 fully saturated rings. The minimum atomic E-state index is 0.360. The van der Waals surface area contributed by atoms with E-state index in [2.05, 4.69) is 44.3 Å². The molecule has 0 spiro atoms. The maximum Gasteiger partial charge on any atom is 0.159 e. The van der Waals surface area contributed by atoms with Crippen LogP contribution in [0.5, 0.6) is 0 Å². The molecule has 2 aromatic rings. The van der Waals surface area contributed by atoms with Crippen molar-refractivity contribution in [1.82, 2.24) is 14.5 Å². The third-order valence-electron chi connectivity index (χ3n) is 2.16. The average Bonchev–Trinajstić information content (AvgIpc) is 2.61. The molecule has 0 aliphatic rings. The first-order valence-corrected chi connectivity index (χ1v) is 5.63. The van der Waals surface area contributed by atoms with E-state index in [4.69, 9.17) is 0 Å². The summed E-state index contributed by atoms with van der Waals surface area (Å²) in [6.07, 6.45) is 3.59. The normalized spacial score (nSPS) is 10.9. The number of imidazole rings is 1. The topological polar surface area (TPSA) is 30.7 Å². The largest absolute Gasteiger partial charge is 0.315 e. The van der Waals surface area contributed by atoms with Crippen LogP contribution < -0.4 is 0 Å². The Labute approximate surface area is 97.3 Å². The molecule has 0 bridgehead atoms. The van der Waals surface area contributed by atoms with Crippen molar-refractivity contribution in [1.29, 1.82) is 0 Å². The fraction of sp³-hybridized carbons (Fsp3) is 0.273. The van der Waals surface area contributed by atoms with Gasteiger partial charge >= 0.3 is 0 Å². The minimum Gasteiger partial charge on any atom is -0.315 e. The van der Waals surface area contributed by atoms with Gasteiger partial charge in [-0.3, -0.25) is 4.98 Å². The molecule has 15 heavy (non-hydrogen) atoms. The highest BCUT2D eigenvalue weighted by Gasteiger charge is 2.12. The molecule has 2 heterocycles. The van der Waals surface area contributed by atoms with Crippen molar-refractivity contribution in [3.05, 3.63) is 35.2 Å². The third kappa shape index (κ3) is 1.95. The molecule has 0 N–H and O–H groups in total. The Bertz CT molecular complexity index is 448. The van der Waals surface area contributed by atoms with Crippen molar-refractivity contribution in [2.75, 3.05) is 0 Å². The summed E-state index contributed by atoms with van der Waals surface area (Å²) < 4.78 is 3.10. The van der Waals surface area contributed by atoms with Gasteiger partial charge < -0.3 is 4.57 Å². The van der Waals surface area contributed by atoms with Gasteiger partial charge in [-0.1, -0.05) is 6.07 Å². The van der Waals surface area contributed by atoms with E-state index >= 15 is 0 Å². The van der Waals surface area contributed by atoms with E-state index in [1.165, 1.54) is 0 Å². The van der Waals surface area contributed by atoms with E-state index in [1.54, 1.807) is 6.20 Å². The molecule has 0 atom stereocenters. The molecule has 0 aliphatic heterocycles. The number of hydrogen-bond acceptors (Lipinski definition) is 2. The first-order chi connectivity index (χ1) is 7.20. The summed E-state index contributed by atoms with van der Waals surface area (Å²) in [5.41, 5.74) is 0.900. The first kappa shape index (κ1) is 10.4. The molecule has 3 nitrogen and oxygen atoms in total. The average molecular weight is 266 g/mol. The van der Waals surface area contributed by atoms with Crippen molar-refractivity contribution >= 4 is 15.9 Å². The summed E-state index contributed by atoms with van der Waals surface area (Å²) in [6.45, 7) is 4.25. The monoisotopic (exact) mass is 265 g/mol. The maximum absolute atomic E-state index is 4.36. The zero-order valence-electron chi connectivity index (χ0n) is 8.68. The fourth-order valence-electron chi connectivity index (χ4n) is 1.52. The Morgan fingerprint density at radius 1 is 1.27 bits per heavy atom. The van der Waals surface area contributed by atoms with E-state index in [9.17, 15) is 0 Å². The Hall–Kier alpha value is -1.16. The van der Waals surface area contributed by atoms with Crippen LogP contribution in [0, 0.1) is 0 Å². The Morgan fingerprint density at radius 2 is 2.07 bits per heavy atom. The lowest BCUT2D eigenvalue weighted by molar-refractivity contribution is 0.595. The highest BCUT2D eigenvalue weighted by atomic mass is 79.9. The van der Waals surface area contributed by atoms with Gasteiger partial charge in [-0.15, -0.1) is 0 Å². The Balaban J connectivity index is 2.54. The molecule has 2 rings (SSSR count). The van der Waals surface area contributed by atoms with Crippen LogP contribution in [0.15, 0.2) is 35.2 Å². The van der Waals surface area contributed by atoms with Crippen LogP contribution in [0.25, 0.3) is 11.5 Å². The van der Waals surface area contributed by atoms with E-state index < -0.39 is 0 Å². The molecule has 0 radical (unpaired) electrons. The van der Waals surface area contributed by atoms with Crippen LogP contribution in [0.3, 0.4) is 0 Å². The lowest BCUT2D eigenvalue weighted by atomic mass is 10.3. The van der Waals surface area contributed by atoms with Crippen LogP contribution in [0.1, 0.15) is 19.9 Å². The van der Waals surface area contributed by atoms with Crippen LogP contribution in [0.2, 0.25) is 0 Å². The molecule has 0 aromatic carbocycles. The molecule has 2 aromatic heterocycles. The van der Waals surface area contributed by atoms with Gasteiger partial charge in [0.05, 0.1) is 6.20 Å². The quantitative estimate of drug-likeness (QED) is 0.835. The fourth-order valence-corrected chi connectivity index (χ4v) is 2.20. The molecule has 0 saturated carbocycles. The Kier molecular flexibility index (Phi) is 2.86. The van der Waals surface area contributed by atoms with E-state index in [-0.39, 0.29) is 0 Å². The maximum atomic E-state index is 4.36. The predicted molar refractivity (Wildman–Crippen MR) is 63.5 cm³/mol. The van der Waals surface area contributed by atoms with E-state index in [1.807, 2.05) is 24.4 Å². The molecule has 4 heteroatoms. The standard InChI is InChI=1S/C11H12BrN3/c1-8(2)15-10(12)7-14-11(15)9-5-3-4-6-13-9/h3-8H,1-2H3. The number of hydrogen-bond donors (Lipinski definition) is 0. The zero-order valence-corrected chi connectivity index (χ0v) is 10.3. The first-order valence-electron chi connectivity index (χ1n) is 4.84. The molecular formula is C11H12BrN3. The second kappa shape index (κ2) is 4.14. The Morgan fingerprint density at radius 3 is 2.67 bits per heavy atom. The van der Waals surface area contributed by atoms with Gasteiger partial charge in [-0.05, 0) is 41.9 Å². The number of pyridine rings is 1. The van der Waals surface area contributed by atoms with Gasteiger partial charge in [-0.25, -0.2) is 4.98 Å². The van der Waals surface area contributed by atoms with Crippen molar-refractivity contribution in [3.63, 3.8) is 0 Å². The number of rotatable bonds is 2. The summed E-state index contributed by atoms with van der Waals surface area (Å²) in [6, 6.07) is 6.20. The third-order valence-corrected chi connectivity index (χ3v) is 2.75. The second-order valence-electron chi connectivity index (χ2n) is 3.58. The van der Waals surface area contributed by atoms with Crippen molar-refractivity contribution in [3.8, 4) is 11.5 Å². The van der Waals surface area contributed by atoms with Crippen LogP contribution in [-0.2, 0) is 0 Å². The number of halogens is 1. The molecule has 0 saturated heterocycles. The van der Waals surface area contributed by atoms with Crippen LogP contribution in [-0.4, -0.2) is 14.5 Å². The highest BCUT2D eigenvalue weighted by molar-refractivity contribution is 9.10. The summed E-state index contributed by atoms with van der Waals surface area (Å²) in [5.74, 6) is 0.900. The lowest BCUT2D eigenvalue weighted by Gasteiger charge is -2.12. The zero-order chi connectivity index (χ0) is 10.8. The lowest BCUT2D eigenvalue weighted by Crippen LogP contribution is -2.04. The summed E-state index contributed by atoms with van der Waals surface area (Å²) in [7, 11) is 0. The highest BCUT2D eigenvalue weighted by Crippen LogP contribution is 2.24. The van der Waals surface area contributed by atoms with Gasteiger partial charge in [-0.2, -0.15) is 0 Å². The van der Waals surface area contributed by atoms with Gasteiger partial charge in [0, 0.05) is 12.2 Å². The molecule has 78 valence electrons. The van der Waals surface area contributed by atoms with Gasteiger partial charge in [0.2, 0.25) is 0 Å². The summed E-state index contributed by atoms with van der Waals surface area (Å²) in [4.78, 5) is 8.66. The van der Waals surface area contributed by atoms with Gasteiger partial charge in [0.1, 0.15) is 10.3 Å². The SMILES string of the molecule is CC(C)n1c(Br)cnc1-c1ccccn1. The number of nitrogens with zero attached hydrogens (tertiary/aromatic N) is 3. The molecule has 0 unspecified atom stereocenters. The van der Waals surface area contributed by atoms with E-state index in [0.717, 1.165) is 16.1 Å². The number of aromatic nitrogens is 3. The minimum absolute atomic E-state index is 0.360.